The Morgan fingerprint density at radius 1 is 1.27 bits per heavy atom. The Hall–Kier alpha value is -1.72. The normalized spacial score (nSPS) is 9.60. The second-order valence-corrected chi connectivity index (χ2v) is 3.87. The van der Waals surface area contributed by atoms with E-state index in [2.05, 4.69) is 5.92 Å². The molecule has 74 valence electrons. The maximum Gasteiger partial charge on any atom is 0.190 e. The van der Waals surface area contributed by atoms with Crippen molar-refractivity contribution in [2.75, 3.05) is 7.11 Å². The zero-order valence-electron chi connectivity index (χ0n) is 8.36. The van der Waals surface area contributed by atoms with Gasteiger partial charge in [0.1, 0.15) is 0 Å². The Morgan fingerprint density at radius 3 is 2.60 bits per heavy atom. The number of ether oxygens (including phenoxy) is 1. The standard InChI is InChI=1S/C13H10OS/c1-3-11-12(9-15-13(11)14-2)10-7-5-4-6-8-10/h1,4-9H,2H3. The molecule has 2 rings (SSSR count). The van der Waals surface area contributed by atoms with Crippen molar-refractivity contribution >= 4 is 11.3 Å². The van der Waals surface area contributed by atoms with Crippen LogP contribution in [0.1, 0.15) is 5.56 Å². The molecule has 2 heteroatoms. The first-order valence-electron chi connectivity index (χ1n) is 4.54. The smallest absolute Gasteiger partial charge is 0.190 e. The van der Waals surface area contributed by atoms with E-state index in [1.807, 2.05) is 35.7 Å². The van der Waals surface area contributed by atoms with E-state index in [-0.39, 0.29) is 0 Å². The molecule has 0 aliphatic rings. The molecular weight excluding hydrogens is 204 g/mol. The van der Waals surface area contributed by atoms with Gasteiger partial charge in [0.25, 0.3) is 0 Å². The number of hydrogen-bond donors (Lipinski definition) is 0. The number of hydrogen-bond acceptors (Lipinski definition) is 2. The molecule has 1 aromatic carbocycles. The minimum atomic E-state index is 0.802. The third kappa shape index (κ3) is 1.74. The van der Waals surface area contributed by atoms with Crippen molar-refractivity contribution < 1.29 is 4.74 Å². The maximum absolute atomic E-state index is 5.49. The summed E-state index contributed by atoms with van der Waals surface area (Å²) in [6.45, 7) is 0. The molecule has 0 atom stereocenters. The first kappa shape index (κ1) is 9.82. The number of rotatable bonds is 2. The number of benzene rings is 1. The molecule has 0 saturated carbocycles. The van der Waals surface area contributed by atoms with E-state index in [4.69, 9.17) is 11.2 Å². The van der Waals surface area contributed by atoms with Crippen LogP contribution in [0, 0.1) is 12.3 Å². The monoisotopic (exact) mass is 214 g/mol. The largest absolute Gasteiger partial charge is 0.486 e. The van der Waals surface area contributed by atoms with Gasteiger partial charge >= 0.3 is 0 Å². The molecule has 0 radical (unpaired) electrons. The third-order valence-electron chi connectivity index (χ3n) is 2.17. The topological polar surface area (TPSA) is 9.23 Å². The van der Waals surface area contributed by atoms with Crippen LogP contribution in [-0.4, -0.2) is 7.11 Å². The molecule has 15 heavy (non-hydrogen) atoms. The van der Waals surface area contributed by atoms with E-state index in [1.165, 1.54) is 11.3 Å². The Kier molecular flexibility index (Phi) is 2.75. The Bertz CT molecular complexity index is 491. The van der Waals surface area contributed by atoms with Gasteiger partial charge in [-0.05, 0) is 5.56 Å². The molecule has 2 aromatic rings. The fraction of sp³-hybridized carbons (Fsp3) is 0.0769. The third-order valence-corrected chi connectivity index (χ3v) is 3.11. The molecule has 1 nitrogen and oxygen atoms in total. The zero-order valence-corrected chi connectivity index (χ0v) is 9.17. The van der Waals surface area contributed by atoms with E-state index in [0.717, 1.165) is 21.8 Å². The molecule has 0 fully saturated rings. The number of thiophene rings is 1. The average molecular weight is 214 g/mol. The molecule has 0 N–H and O–H groups in total. The summed E-state index contributed by atoms with van der Waals surface area (Å²) < 4.78 is 5.21. The van der Waals surface area contributed by atoms with Crippen LogP contribution in [0.5, 0.6) is 5.06 Å². The Balaban J connectivity index is 2.55. The second kappa shape index (κ2) is 4.20. The molecular formula is C13H10OS. The average Bonchev–Trinajstić information content (AvgIpc) is 2.72. The summed E-state index contributed by atoms with van der Waals surface area (Å²) in [6.07, 6.45) is 5.49. The predicted molar refractivity (Wildman–Crippen MR) is 64.2 cm³/mol. The van der Waals surface area contributed by atoms with Gasteiger partial charge in [0, 0.05) is 10.9 Å². The zero-order chi connectivity index (χ0) is 10.7. The lowest BCUT2D eigenvalue weighted by Crippen LogP contribution is -1.83. The molecule has 0 saturated heterocycles. The highest BCUT2D eigenvalue weighted by Gasteiger charge is 2.11. The van der Waals surface area contributed by atoms with E-state index in [0.29, 0.717) is 0 Å². The van der Waals surface area contributed by atoms with Crippen molar-refractivity contribution in [1.82, 2.24) is 0 Å². The molecule has 1 heterocycles. The lowest BCUT2D eigenvalue weighted by molar-refractivity contribution is 0.426. The summed E-state index contributed by atoms with van der Waals surface area (Å²) in [5.41, 5.74) is 3.04. The molecule has 0 amide bonds. The van der Waals surface area contributed by atoms with Crippen LogP contribution in [0.3, 0.4) is 0 Å². The lowest BCUT2D eigenvalue weighted by atomic mass is 10.1. The van der Waals surface area contributed by atoms with Gasteiger partial charge in [0.15, 0.2) is 5.06 Å². The molecule has 0 aliphatic heterocycles. The summed E-state index contributed by atoms with van der Waals surface area (Å²) in [5.74, 6) is 2.68. The van der Waals surface area contributed by atoms with Gasteiger partial charge in [0.2, 0.25) is 0 Å². The van der Waals surface area contributed by atoms with Gasteiger partial charge in [0.05, 0.1) is 12.7 Å². The highest BCUT2D eigenvalue weighted by Crippen LogP contribution is 2.36. The van der Waals surface area contributed by atoms with Gasteiger partial charge in [-0.1, -0.05) is 36.3 Å². The van der Waals surface area contributed by atoms with Crippen molar-refractivity contribution in [2.45, 2.75) is 0 Å². The van der Waals surface area contributed by atoms with Gasteiger partial charge in [-0.15, -0.1) is 17.8 Å². The first-order chi connectivity index (χ1) is 7.36. The SMILES string of the molecule is C#Cc1c(-c2ccccc2)csc1OC. The van der Waals surface area contributed by atoms with Crippen molar-refractivity contribution in [3.8, 4) is 28.5 Å². The van der Waals surface area contributed by atoms with Crippen molar-refractivity contribution in [3.63, 3.8) is 0 Å². The van der Waals surface area contributed by atoms with E-state index in [1.54, 1.807) is 7.11 Å². The van der Waals surface area contributed by atoms with Gasteiger partial charge in [-0.3, -0.25) is 0 Å². The summed E-state index contributed by atoms with van der Waals surface area (Å²) in [4.78, 5) is 0. The summed E-state index contributed by atoms with van der Waals surface area (Å²) >= 11 is 1.53. The molecule has 0 bridgehead atoms. The first-order valence-corrected chi connectivity index (χ1v) is 5.42. The fourth-order valence-electron chi connectivity index (χ4n) is 1.46. The van der Waals surface area contributed by atoms with Crippen LogP contribution in [0.25, 0.3) is 11.1 Å². The second-order valence-electron chi connectivity index (χ2n) is 3.03. The Morgan fingerprint density at radius 2 is 2.00 bits per heavy atom. The molecule has 0 spiro atoms. The molecule has 1 aromatic heterocycles. The van der Waals surface area contributed by atoms with Crippen molar-refractivity contribution in [1.29, 1.82) is 0 Å². The van der Waals surface area contributed by atoms with Gasteiger partial charge < -0.3 is 4.74 Å². The van der Waals surface area contributed by atoms with Gasteiger partial charge in [-0.25, -0.2) is 0 Å². The highest BCUT2D eigenvalue weighted by molar-refractivity contribution is 7.12. The Labute approximate surface area is 93.3 Å². The quantitative estimate of drug-likeness (QED) is 0.696. The van der Waals surface area contributed by atoms with Crippen LogP contribution >= 0.6 is 11.3 Å². The molecule has 0 unspecified atom stereocenters. The van der Waals surface area contributed by atoms with E-state index >= 15 is 0 Å². The minimum absolute atomic E-state index is 0.802. The lowest BCUT2D eigenvalue weighted by Gasteiger charge is -2.00. The fourth-order valence-corrected chi connectivity index (χ4v) is 2.32. The minimum Gasteiger partial charge on any atom is -0.486 e. The maximum atomic E-state index is 5.49. The van der Waals surface area contributed by atoms with Gasteiger partial charge in [-0.2, -0.15) is 0 Å². The summed E-state index contributed by atoms with van der Waals surface area (Å²) in [5, 5.41) is 2.83. The van der Waals surface area contributed by atoms with E-state index in [9.17, 15) is 0 Å². The summed E-state index contributed by atoms with van der Waals surface area (Å²) in [6, 6.07) is 10.1. The van der Waals surface area contributed by atoms with Crippen molar-refractivity contribution in [3.05, 3.63) is 41.3 Å². The van der Waals surface area contributed by atoms with Crippen LogP contribution in [-0.2, 0) is 0 Å². The van der Waals surface area contributed by atoms with Crippen LogP contribution in [0.4, 0.5) is 0 Å². The van der Waals surface area contributed by atoms with Crippen LogP contribution in [0.2, 0.25) is 0 Å². The molecule has 0 aliphatic carbocycles. The number of methoxy groups -OCH3 is 1. The number of terminal acetylenes is 1. The predicted octanol–water partition coefficient (Wildman–Crippen LogP) is 3.41. The van der Waals surface area contributed by atoms with Crippen LogP contribution < -0.4 is 4.74 Å². The van der Waals surface area contributed by atoms with Crippen molar-refractivity contribution in [2.24, 2.45) is 0 Å². The summed E-state index contributed by atoms with van der Waals surface area (Å²) in [7, 11) is 1.64. The highest BCUT2D eigenvalue weighted by atomic mass is 32.1. The van der Waals surface area contributed by atoms with E-state index < -0.39 is 0 Å². The van der Waals surface area contributed by atoms with Crippen LogP contribution in [0.15, 0.2) is 35.7 Å².